The van der Waals surface area contributed by atoms with Crippen LogP contribution < -0.4 is 16.4 Å². The van der Waals surface area contributed by atoms with Crippen LogP contribution in [0.2, 0.25) is 0 Å². The number of imidazole rings is 1. The van der Waals surface area contributed by atoms with E-state index in [9.17, 15) is 14.4 Å². The van der Waals surface area contributed by atoms with E-state index in [1.165, 1.54) is 19.3 Å². The minimum Gasteiger partial charge on any atom is -0.379 e. The number of amides is 3. The number of nitrogens with zero attached hydrogens (tertiary/aromatic N) is 3. The Hall–Kier alpha value is -2.98. The van der Waals surface area contributed by atoms with Crippen LogP contribution in [0.3, 0.4) is 0 Å². The van der Waals surface area contributed by atoms with E-state index in [0.29, 0.717) is 23.6 Å². The number of carbonyl (C=O) groups is 3. The predicted molar refractivity (Wildman–Crippen MR) is 135 cm³/mol. The van der Waals surface area contributed by atoms with Crippen molar-refractivity contribution in [1.29, 1.82) is 0 Å². The molecule has 4 N–H and O–H groups in total. The van der Waals surface area contributed by atoms with Crippen molar-refractivity contribution in [2.24, 2.45) is 11.7 Å². The van der Waals surface area contributed by atoms with Crippen LogP contribution in [0.4, 0.5) is 0 Å². The number of hydrogen-bond donors (Lipinski definition) is 3. The molecule has 0 bridgehead atoms. The summed E-state index contributed by atoms with van der Waals surface area (Å²) in [4.78, 5) is 44.5. The third-order valence-corrected chi connectivity index (χ3v) is 7.45. The number of pyridine rings is 1. The lowest BCUT2D eigenvalue weighted by Gasteiger charge is -2.48. The van der Waals surface area contributed by atoms with Crippen molar-refractivity contribution < 1.29 is 19.1 Å². The summed E-state index contributed by atoms with van der Waals surface area (Å²) in [6.07, 6.45) is 7.42. The van der Waals surface area contributed by atoms with Gasteiger partial charge in [-0.15, -0.1) is 0 Å². The van der Waals surface area contributed by atoms with Gasteiger partial charge in [0.05, 0.1) is 25.3 Å². The second kappa shape index (κ2) is 11.4. The van der Waals surface area contributed by atoms with Gasteiger partial charge in [0, 0.05) is 31.4 Å². The van der Waals surface area contributed by atoms with E-state index in [0.717, 1.165) is 39.1 Å². The molecule has 1 saturated carbocycles. The number of primary amides is 1. The first kappa shape index (κ1) is 26.1. The van der Waals surface area contributed by atoms with Gasteiger partial charge >= 0.3 is 0 Å². The number of nitrogens with two attached hydrogens (primary N) is 1. The lowest BCUT2D eigenvalue weighted by Crippen LogP contribution is -2.59. The Morgan fingerprint density at radius 3 is 2.53 bits per heavy atom. The van der Waals surface area contributed by atoms with E-state index in [1.807, 2.05) is 13.8 Å². The average Bonchev–Trinajstić information content (AvgIpc) is 3.29. The molecule has 36 heavy (non-hydrogen) atoms. The van der Waals surface area contributed by atoms with Crippen LogP contribution in [0.5, 0.6) is 0 Å². The minimum atomic E-state index is -0.741. The summed E-state index contributed by atoms with van der Waals surface area (Å²) in [5, 5.41) is 5.88. The number of carbonyl (C=O) groups excluding carboxylic acids is 3. The van der Waals surface area contributed by atoms with E-state index in [-0.39, 0.29) is 29.7 Å². The Morgan fingerprint density at radius 1 is 1.14 bits per heavy atom. The first-order valence-electron chi connectivity index (χ1n) is 13.0. The Labute approximate surface area is 211 Å². The van der Waals surface area contributed by atoms with E-state index in [4.69, 9.17) is 10.5 Å². The summed E-state index contributed by atoms with van der Waals surface area (Å²) in [5.41, 5.74) is 6.94. The Bertz CT molecular complexity index is 1090. The van der Waals surface area contributed by atoms with Gasteiger partial charge in [-0.3, -0.25) is 23.7 Å². The molecule has 10 heteroatoms. The molecule has 0 radical (unpaired) electrons. The van der Waals surface area contributed by atoms with Gasteiger partial charge in [-0.25, -0.2) is 4.98 Å². The summed E-state index contributed by atoms with van der Waals surface area (Å²) >= 11 is 0. The van der Waals surface area contributed by atoms with E-state index < -0.39 is 11.9 Å². The molecular weight excluding hydrogens is 460 g/mol. The Balaban J connectivity index is 1.46. The molecule has 1 aliphatic carbocycles. The van der Waals surface area contributed by atoms with Crippen molar-refractivity contribution in [1.82, 2.24) is 24.9 Å². The lowest BCUT2D eigenvalue weighted by molar-refractivity contribution is -0.128. The molecular formula is C26H38N6O4. The van der Waals surface area contributed by atoms with Gasteiger partial charge in [-0.05, 0) is 30.9 Å². The maximum absolute atomic E-state index is 13.3. The molecule has 4 rings (SSSR count). The molecule has 1 aliphatic heterocycles. The zero-order valence-electron chi connectivity index (χ0n) is 21.3. The van der Waals surface area contributed by atoms with E-state index in [1.54, 1.807) is 28.8 Å². The Kier molecular flexibility index (Phi) is 8.25. The first-order chi connectivity index (χ1) is 17.3. The molecule has 3 heterocycles. The second-order valence-corrected chi connectivity index (χ2v) is 10.3. The zero-order valence-corrected chi connectivity index (χ0v) is 21.3. The largest absolute Gasteiger partial charge is 0.379 e. The van der Waals surface area contributed by atoms with Crippen molar-refractivity contribution >= 4 is 23.4 Å². The van der Waals surface area contributed by atoms with Crippen LogP contribution in [-0.4, -0.2) is 76.4 Å². The highest BCUT2D eigenvalue weighted by atomic mass is 16.5. The molecule has 2 aromatic heterocycles. The molecule has 2 aromatic rings. The third-order valence-electron chi connectivity index (χ3n) is 7.45. The van der Waals surface area contributed by atoms with Crippen LogP contribution in [0.25, 0.3) is 5.65 Å². The summed E-state index contributed by atoms with van der Waals surface area (Å²) in [6, 6.07) is 4.61. The van der Waals surface area contributed by atoms with Crippen molar-refractivity contribution in [3.8, 4) is 0 Å². The molecule has 196 valence electrons. The van der Waals surface area contributed by atoms with Crippen LogP contribution in [-0.2, 0) is 20.7 Å². The highest BCUT2D eigenvalue weighted by Crippen LogP contribution is 2.34. The van der Waals surface area contributed by atoms with Gasteiger partial charge in [-0.2, -0.15) is 0 Å². The van der Waals surface area contributed by atoms with Crippen molar-refractivity contribution in [3.05, 3.63) is 35.8 Å². The maximum Gasteiger partial charge on any atom is 0.268 e. The summed E-state index contributed by atoms with van der Waals surface area (Å²) in [7, 11) is 0. The summed E-state index contributed by atoms with van der Waals surface area (Å²) in [5.74, 6) is -1.19. The SMILES string of the molecule is CC(C)C(NC(=O)Cc1cn2c(C(=O)NCC3(N4CCOCC4)CCCCC3)cccc2n1)C(N)=O. The molecule has 3 amide bonds. The molecule has 2 aliphatic rings. The van der Waals surface area contributed by atoms with Crippen LogP contribution in [0.1, 0.15) is 62.1 Å². The normalized spacial score (nSPS) is 19.2. The number of aromatic nitrogens is 2. The average molecular weight is 499 g/mol. The van der Waals surface area contributed by atoms with Gasteiger partial charge in [0.2, 0.25) is 11.8 Å². The van der Waals surface area contributed by atoms with Crippen molar-refractivity contribution in [2.45, 2.75) is 64.0 Å². The van der Waals surface area contributed by atoms with Gasteiger partial charge in [0.1, 0.15) is 17.4 Å². The van der Waals surface area contributed by atoms with Crippen molar-refractivity contribution in [2.75, 3.05) is 32.8 Å². The second-order valence-electron chi connectivity index (χ2n) is 10.3. The number of hydrogen-bond acceptors (Lipinski definition) is 6. The van der Waals surface area contributed by atoms with Crippen LogP contribution >= 0.6 is 0 Å². The van der Waals surface area contributed by atoms with Crippen LogP contribution in [0, 0.1) is 5.92 Å². The molecule has 10 nitrogen and oxygen atoms in total. The Morgan fingerprint density at radius 2 is 1.86 bits per heavy atom. The molecule has 1 atom stereocenters. The van der Waals surface area contributed by atoms with Gasteiger partial charge in [0.15, 0.2) is 0 Å². The standard InChI is InChI=1S/C26H38N6O4/c1-18(2)23(24(27)34)30-22(33)15-19-16-32-20(7-6-8-21(32)29-19)25(35)28-17-26(9-4-3-5-10-26)31-11-13-36-14-12-31/h6-8,16,18,23H,3-5,9-15,17H2,1-2H3,(H2,27,34)(H,28,35)(H,30,33). The number of fused-ring (bicyclic) bond motifs is 1. The first-order valence-corrected chi connectivity index (χ1v) is 13.0. The molecule has 0 aromatic carbocycles. The molecule has 2 fully saturated rings. The van der Waals surface area contributed by atoms with Gasteiger partial charge in [0.25, 0.3) is 5.91 Å². The molecule has 0 spiro atoms. The number of rotatable bonds is 9. The quantitative estimate of drug-likeness (QED) is 0.477. The monoisotopic (exact) mass is 498 g/mol. The lowest BCUT2D eigenvalue weighted by atomic mass is 9.79. The number of nitrogens with one attached hydrogen (secondary N) is 2. The fraction of sp³-hybridized carbons (Fsp3) is 0.615. The zero-order chi connectivity index (χ0) is 25.7. The maximum atomic E-state index is 13.3. The fourth-order valence-electron chi connectivity index (χ4n) is 5.47. The van der Waals surface area contributed by atoms with Gasteiger partial charge < -0.3 is 21.1 Å². The fourth-order valence-corrected chi connectivity index (χ4v) is 5.47. The highest BCUT2D eigenvalue weighted by Gasteiger charge is 2.39. The van der Waals surface area contributed by atoms with Crippen molar-refractivity contribution in [3.63, 3.8) is 0 Å². The van der Waals surface area contributed by atoms with Crippen LogP contribution in [0.15, 0.2) is 24.4 Å². The minimum absolute atomic E-state index is 0.0145. The van der Waals surface area contributed by atoms with E-state index in [2.05, 4.69) is 20.5 Å². The smallest absolute Gasteiger partial charge is 0.268 e. The highest BCUT2D eigenvalue weighted by molar-refractivity contribution is 5.93. The molecule has 1 saturated heterocycles. The number of morpholine rings is 1. The summed E-state index contributed by atoms with van der Waals surface area (Å²) in [6.45, 7) is 7.49. The third kappa shape index (κ3) is 5.87. The van der Waals surface area contributed by atoms with E-state index >= 15 is 0 Å². The topological polar surface area (TPSA) is 131 Å². The van der Waals surface area contributed by atoms with Gasteiger partial charge in [-0.1, -0.05) is 39.2 Å². The summed E-state index contributed by atoms with van der Waals surface area (Å²) < 4.78 is 7.28. The molecule has 1 unspecified atom stereocenters. The number of ether oxygens (including phenoxy) is 1. The predicted octanol–water partition coefficient (Wildman–Crippen LogP) is 1.27.